The van der Waals surface area contributed by atoms with E-state index in [9.17, 15) is 0 Å². The second kappa shape index (κ2) is 11.2. The van der Waals surface area contributed by atoms with Gasteiger partial charge in [0.1, 0.15) is 11.2 Å². The Hall–Kier alpha value is -7.11. The van der Waals surface area contributed by atoms with Crippen molar-refractivity contribution in [2.24, 2.45) is 0 Å². The van der Waals surface area contributed by atoms with E-state index in [2.05, 4.69) is 132 Å². The number of aromatic nitrogens is 4. The molecule has 52 heavy (non-hydrogen) atoms. The van der Waals surface area contributed by atoms with Crippen molar-refractivity contribution in [2.45, 2.75) is 0 Å². The molecule has 8 aromatic carbocycles. The van der Waals surface area contributed by atoms with E-state index in [-0.39, 0.29) is 0 Å². The molecule has 242 valence electrons. The summed E-state index contributed by atoms with van der Waals surface area (Å²) in [6, 6.07) is 59.1. The first-order valence-electron chi connectivity index (χ1n) is 17.5. The molecular formula is C47H28N4O. The Kier molecular flexibility index (Phi) is 6.18. The highest BCUT2D eigenvalue weighted by molar-refractivity contribution is 6.22. The van der Waals surface area contributed by atoms with Gasteiger partial charge < -0.3 is 8.98 Å². The van der Waals surface area contributed by atoms with Gasteiger partial charge in [0.05, 0.1) is 11.0 Å². The molecule has 0 saturated heterocycles. The molecule has 0 radical (unpaired) electrons. The maximum atomic E-state index is 6.43. The summed E-state index contributed by atoms with van der Waals surface area (Å²) in [5, 5.41) is 9.30. The molecule has 0 unspecified atom stereocenters. The van der Waals surface area contributed by atoms with Gasteiger partial charge >= 0.3 is 0 Å². The molecule has 0 aliphatic heterocycles. The molecule has 0 saturated carbocycles. The molecule has 0 amide bonds. The first-order chi connectivity index (χ1) is 25.8. The van der Waals surface area contributed by atoms with Crippen molar-refractivity contribution >= 4 is 65.3 Å². The Morgan fingerprint density at radius 3 is 1.90 bits per heavy atom. The van der Waals surface area contributed by atoms with Crippen LogP contribution in [-0.2, 0) is 0 Å². The van der Waals surface area contributed by atoms with Crippen molar-refractivity contribution in [1.29, 1.82) is 0 Å². The zero-order valence-electron chi connectivity index (χ0n) is 27.9. The summed E-state index contributed by atoms with van der Waals surface area (Å²) >= 11 is 0. The fourth-order valence-corrected chi connectivity index (χ4v) is 7.92. The lowest BCUT2D eigenvalue weighted by Crippen LogP contribution is -2.01. The lowest BCUT2D eigenvalue weighted by atomic mass is 9.98. The van der Waals surface area contributed by atoms with Crippen LogP contribution in [0.2, 0.25) is 0 Å². The van der Waals surface area contributed by atoms with Gasteiger partial charge in [-0.25, -0.2) is 15.0 Å². The third-order valence-electron chi connectivity index (χ3n) is 10.2. The number of para-hydroxylation sites is 2. The van der Waals surface area contributed by atoms with E-state index in [1.165, 1.54) is 21.5 Å². The van der Waals surface area contributed by atoms with Crippen LogP contribution in [0.25, 0.3) is 105 Å². The van der Waals surface area contributed by atoms with Crippen LogP contribution in [0.5, 0.6) is 0 Å². The van der Waals surface area contributed by atoms with E-state index in [0.717, 1.165) is 66.1 Å². The van der Waals surface area contributed by atoms with Crippen molar-refractivity contribution < 1.29 is 4.42 Å². The van der Waals surface area contributed by atoms with Gasteiger partial charge in [-0.3, -0.25) is 0 Å². The van der Waals surface area contributed by atoms with Gasteiger partial charge in [0, 0.05) is 43.9 Å². The molecule has 11 rings (SSSR count). The quantitative estimate of drug-likeness (QED) is 0.188. The SMILES string of the molecule is c1ccc(-c2nc(-c3cccc(-n4c5ccccc5c5c6ccccc6ccc54)c3)nc(-c3cc4oc5ccccc5c4c4ccccc34)n2)cc1. The fourth-order valence-electron chi connectivity index (χ4n) is 7.92. The predicted molar refractivity (Wildman–Crippen MR) is 213 cm³/mol. The van der Waals surface area contributed by atoms with E-state index in [0.29, 0.717) is 17.5 Å². The summed E-state index contributed by atoms with van der Waals surface area (Å²) in [5.41, 5.74) is 7.73. The minimum absolute atomic E-state index is 0.594. The third kappa shape index (κ3) is 4.33. The smallest absolute Gasteiger partial charge is 0.164 e. The van der Waals surface area contributed by atoms with Gasteiger partial charge in [-0.1, -0.05) is 133 Å². The molecule has 0 fully saturated rings. The summed E-state index contributed by atoms with van der Waals surface area (Å²) in [5.74, 6) is 1.81. The summed E-state index contributed by atoms with van der Waals surface area (Å²) < 4.78 is 8.78. The van der Waals surface area contributed by atoms with Gasteiger partial charge in [0.2, 0.25) is 0 Å². The van der Waals surface area contributed by atoms with E-state index in [1.54, 1.807) is 0 Å². The largest absolute Gasteiger partial charge is 0.456 e. The van der Waals surface area contributed by atoms with Gasteiger partial charge in [-0.15, -0.1) is 0 Å². The number of benzene rings is 8. The van der Waals surface area contributed by atoms with Crippen LogP contribution < -0.4 is 0 Å². The minimum atomic E-state index is 0.594. The van der Waals surface area contributed by atoms with Crippen LogP contribution in [0.3, 0.4) is 0 Å². The van der Waals surface area contributed by atoms with E-state index in [4.69, 9.17) is 19.4 Å². The number of hydrogen-bond acceptors (Lipinski definition) is 4. The lowest BCUT2D eigenvalue weighted by molar-refractivity contribution is 0.669. The fraction of sp³-hybridized carbons (Fsp3) is 0. The second-order valence-electron chi connectivity index (χ2n) is 13.2. The normalized spacial score (nSPS) is 11.8. The standard InChI is InChI=1S/C47H28N4O/c1-2-14-30(15-3-1)45-48-46(50-47(49-45)38-28-42-44(35-20-7-6-19-34(35)38)37-22-9-11-24-41(37)52-42)31-16-12-17-32(27-31)51-39-23-10-8-21-36(39)43-33-18-5-4-13-29(33)25-26-40(43)51/h1-28H. The topological polar surface area (TPSA) is 56.7 Å². The Labute approximate surface area is 298 Å². The molecule has 0 bridgehead atoms. The number of furan rings is 1. The Bertz CT molecular complexity index is 3190. The molecule has 3 heterocycles. The van der Waals surface area contributed by atoms with E-state index >= 15 is 0 Å². The van der Waals surface area contributed by atoms with Crippen molar-refractivity contribution in [3.05, 3.63) is 170 Å². The van der Waals surface area contributed by atoms with Crippen LogP contribution >= 0.6 is 0 Å². The first kappa shape index (κ1) is 28.7. The highest BCUT2D eigenvalue weighted by Gasteiger charge is 2.20. The Balaban J connectivity index is 1.15. The number of fused-ring (bicyclic) bond motifs is 10. The molecule has 5 heteroatoms. The van der Waals surface area contributed by atoms with Gasteiger partial charge in [0.25, 0.3) is 0 Å². The number of rotatable bonds is 4. The Morgan fingerprint density at radius 2 is 1.04 bits per heavy atom. The maximum absolute atomic E-state index is 6.43. The maximum Gasteiger partial charge on any atom is 0.164 e. The molecule has 0 aliphatic carbocycles. The van der Waals surface area contributed by atoms with E-state index < -0.39 is 0 Å². The highest BCUT2D eigenvalue weighted by atomic mass is 16.3. The monoisotopic (exact) mass is 664 g/mol. The zero-order chi connectivity index (χ0) is 34.2. The van der Waals surface area contributed by atoms with Gasteiger partial charge in [-0.05, 0) is 57.9 Å². The predicted octanol–water partition coefficient (Wildman–Crippen LogP) is 12.2. The van der Waals surface area contributed by atoms with Crippen LogP contribution in [0.15, 0.2) is 174 Å². The second-order valence-corrected chi connectivity index (χ2v) is 13.2. The Morgan fingerprint density at radius 1 is 0.385 bits per heavy atom. The van der Waals surface area contributed by atoms with Crippen molar-refractivity contribution in [3.63, 3.8) is 0 Å². The van der Waals surface area contributed by atoms with Crippen LogP contribution in [-0.4, -0.2) is 19.5 Å². The molecule has 5 nitrogen and oxygen atoms in total. The average Bonchev–Trinajstić information content (AvgIpc) is 3.77. The van der Waals surface area contributed by atoms with Crippen LogP contribution in [0, 0.1) is 0 Å². The van der Waals surface area contributed by atoms with Crippen molar-refractivity contribution in [3.8, 4) is 39.9 Å². The molecular weight excluding hydrogens is 637 g/mol. The molecule has 0 N–H and O–H groups in total. The summed E-state index contributed by atoms with van der Waals surface area (Å²) in [6.45, 7) is 0. The molecule has 11 aromatic rings. The average molecular weight is 665 g/mol. The molecule has 0 spiro atoms. The third-order valence-corrected chi connectivity index (χ3v) is 10.2. The van der Waals surface area contributed by atoms with Gasteiger partial charge in [-0.2, -0.15) is 0 Å². The minimum Gasteiger partial charge on any atom is -0.456 e. The van der Waals surface area contributed by atoms with Crippen LogP contribution in [0.1, 0.15) is 0 Å². The first-order valence-corrected chi connectivity index (χ1v) is 17.5. The lowest BCUT2D eigenvalue weighted by Gasteiger charge is -2.13. The highest BCUT2D eigenvalue weighted by Crippen LogP contribution is 2.41. The number of nitrogens with zero attached hydrogens (tertiary/aromatic N) is 4. The summed E-state index contributed by atoms with van der Waals surface area (Å²) in [7, 11) is 0. The van der Waals surface area contributed by atoms with Crippen molar-refractivity contribution in [1.82, 2.24) is 19.5 Å². The molecule has 3 aromatic heterocycles. The van der Waals surface area contributed by atoms with Gasteiger partial charge in [0.15, 0.2) is 17.5 Å². The summed E-state index contributed by atoms with van der Waals surface area (Å²) in [6.07, 6.45) is 0. The molecule has 0 atom stereocenters. The van der Waals surface area contributed by atoms with E-state index in [1.807, 2.05) is 42.5 Å². The van der Waals surface area contributed by atoms with Crippen LogP contribution in [0.4, 0.5) is 0 Å². The summed E-state index contributed by atoms with van der Waals surface area (Å²) in [4.78, 5) is 15.5. The molecule has 0 aliphatic rings. The van der Waals surface area contributed by atoms with Crippen molar-refractivity contribution in [2.75, 3.05) is 0 Å². The zero-order valence-corrected chi connectivity index (χ0v) is 27.9. The number of hydrogen-bond donors (Lipinski definition) is 0.